The third-order valence-electron chi connectivity index (χ3n) is 4.64. The van der Waals surface area contributed by atoms with Crippen LogP contribution >= 0.6 is 11.9 Å². The maximum Gasteiger partial charge on any atom is 0.196 e. The Kier molecular flexibility index (Phi) is 7.11. The average Bonchev–Trinajstić information content (AvgIpc) is 2.63. The molecule has 0 aromatic heterocycles. The maximum absolute atomic E-state index is 9.07. The van der Waals surface area contributed by atoms with Crippen molar-refractivity contribution >= 4 is 11.9 Å². The fourth-order valence-electron chi connectivity index (χ4n) is 3.06. The Morgan fingerprint density at radius 1 is 1.17 bits per heavy atom. The third-order valence-corrected chi connectivity index (χ3v) is 5.78. The highest BCUT2D eigenvalue weighted by molar-refractivity contribution is 7.98. The van der Waals surface area contributed by atoms with Crippen molar-refractivity contribution in [2.45, 2.75) is 71.8 Å². The van der Waals surface area contributed by atoms with E-state index >= 15 is 0 Å². The van der Waals surface area contributed by atoms with E-state index in [-0.39, 0.29) is 0 Å². The van der Waals surface area contributed by atoms with Crippen LogP contribution in [0.15, 0.2) is 0 Å². The number of thiocyanates is 1. The van der Waals surface area contributed by atoms with E-state index in [2.05, 4.69) is 26.2 Å². The standard InChI is InChI=1S/C15H29N2S/c1-4-5-6-7-8-9-11-17(18-13-16)12-10-14(2)15(17)3/h14-15H,4-12H2,1-3H3/q+1. The van der Waals surface area contributed by atoms with Crippen LogP contribution in [-0.2, 0) is 0 Å². The van der Waals surface area contributed by atoms with Gasteiger partial charge in [0.2, 0.25) is 0 Å². The molecule has 0 radical (unpaired) electrons. The van der Waals surface area contributed by atoms with Gasteiger partial charge in [-0.15, -0.1) is 0 Å². The van der Waals surface area contributed by atoms with Gasteiger partial charge in [-0.2, -0.15) is 5.26 Å². The van der Waals surface area contributed by atoms with Gasteiger partial charge in [0, 0.05) is 12.3 Å². The second kappa shape index (κ2) is 8.07. The third kappa shape index (κ3) is 4.17. The van der Waals surface area contributed by atoms with E-state index in [1.165, 1.54) is 70.0 Å². The van der Waals surface area contributed by atoms with Crippen molar-refractivity contribution < 1.29 is 3.89 Å². The monoisotopic (exact) mass is 269 g/mol. The number of nitriles is 1. The molecule has 2 nitrogen and oxygen atoms in total. The molecule has 1 aliphatic rings. The van der Waals surface area contributed by atoms with Gasteiger partial charge < -0.3 is 0 Å². The van der Waals surface area contributed by atoms with E-state index in [1.54, 1.807) is 0 Å². The SMILES string of the molecule is CCCCCCCC[N+]1(SC#N)CCC(C)C1C. The van der Waals surface area contributed by atoms with Gasteiger partial charge in [0.15, 0.2) is 17.3 Å². The second-order valence-electron chi connectivity index (χ2n) is 5.86. The van der Waals surface area contributed by atoms with Gasteiger partial charge in [-0.3, -0.25) is 0 Å². The predicted octanol–water partition coefficient (Wildman–Crippen LogP) is 4.72. The van der Waals surface area contributed by atoms with E-state index in [0.29, 0.717) is 6.04 Å². The zero-order chi connectivity index (χ0) is 13.4. The zero-order valence-electron chi connectivity index (χ0n) is 12.3. The molecule has 3 heteroatoms. The largest absolute Gasteiger partial charge is 0.246 e. The lowest BCUT2D eigenvalue weighted by Gasteiger charge is -2.34. The number of unbranched alkanes of at least 4 members (excludes halogenated alkanes) is 5. The molecule has 3 unspecified atom stereocenters. The summed E-state index contributed by atoms with van der Waals surface area (Å²) in [6, 6.07) is 0.644. The summed E-state index contributed by atoms with van der Waals surface area (Å²) in [7, 11) is 0. The molecule has 1 fully saturated rings. The summed E-state index contributed by atoms with van der Waals surface area (Å²) in [5, 5.41) is 11.4. The first-order valence-corrected chi connectivity index (χ1v) is 8.38. The van der Waals surface area contributed by atoms with Gasteiger partial charge in [0.1, 0.15) is 6.04 Å². The molecule has 0 aromatic rings. The topological polar surface area (TPSA) is 23.8 Å². The van der Waals surface area contributed by atoms with Crippen LogP contribution in [0.4, 0.5) is 0 Å². The molecule has 0 saturated carbocycles. The average molecular weight is 269 g/mol. The van der Waals surface area contributed by atoms with Crippen LogP contribution in [0.5, 0.6) is 0 Å². The van der Waals surface area contributed by atoms with E-state index in [1.807, 2.05) is 0 Å². The fraction of sp³-hybridized carbons (Fsp3) is 0.933. The second-order valence-corrected chi connectivity index (χ2v) is 6.95. The molecule has 0 spiro atoms. The molecular weight excluding hydrogens is 240 g/mol. The maximum atomic E-state index is 9.07. The van der Waals surface area contributed by atoms with Crippen LogP contribution in [-0.4, -0.2) is 23.0 Å². The van der Waals surface area contributed by atoms with Crippen molar-refractivity contribution in [3.63, 3.8) is 0 Å². The number of hydrogen-bond acceptors (Lipinski definition) is 2. The Morgan fingerprint density at radius 2 is 1.83 bits per heavy atom. The van der Waals surface area contributed by atoms with Crippen molar-refractivity contribution in [3.05, 3.63) is 0 Å². The summed E-state index contributed by atoms with van der Waals surface area (Å²) in [4.78, 5) is 0. The van der Waals surface area contributed by atoms with Gasteiger partial charge in [-0.05, 0) is 19.8 Å². The Hall–Kier alpha value is -0.200. The van der Waals surface area contributed by atoms with Gasteiger partial charge in [-0.1, -0.05) is 39.5 Å². The fourth-order valence-corrected chi connectivity index (χ4v) is 4.02. The van der Waals surface area contributed by atoms with Crippen molar-refractivity contribution in [1.29, 1.82) is 5.26 Å². The Balaban J connectivity index is 2.33. The van der Waals surface area contributed by atoms with Crippen LogP contribution in [0.2, 0.25) is 0 Å². The number of nitrogens with zero attached hydrogens (tertiary/aromatic N) is 2. The first-order valence-electron chi connectivity index (χ1n) is 7.60. The van der Waals surface area contributed by atoms with Gasteiger partial charge in [0.25, 0.3) is 0 Å². The molecule has 3 atom stereocenters. The highest BCUT2D eigenvalue weighted by Gasteiger charge is 2.44. The molecule has 0 amide bonds. The lowest BCUT2D eigenvalue weighted by atomic mass is 10.1. The summed E-state index contributed by atoms with van der Waals surface area (Å²) < 4.78 is 0.992. The molecule has 1 heterocycles. The van der Waals surface area contributed by atoms with Gasteiger partial charge in [-0.25, -0.2) is 3.89 Å². The van der Waals surface area contributed by atoms with Crippen LogP contribution in [0.25, 0.3) is 0 Å². The summed E-state index contributed by atoms with van der Waals surface area (Å²) >= 11 is 1.51. The quantitative estimate of drug-likeness (QED) is 0.275. The Morgan fingerprint density at radius 3 is 2.39 bits per heavy atom. The zero-order valence-corrected chi connectivity index (χ0v) is 13.1. The summed E-state index contributed by atoms with van der Waals surface area (Å²) in [6.45, 7) is 9.31. The first-order chi connectivity index (χ1) is 8.66. The molecule has 104 valence electrons. The summed E-state index contributed by atoms with van der Waals surface area (Å²) in [6.07, 6.45) is 9.36. The molecule has 0 aromatic carbocycles. The van der Waals surface area contributed by atoms with E-state index < -0.39 is 0 Å². The van der Waals surface area contributed by atoms with Crippen molar-refractivity contribution in [1.82, 2.24) is 0 Å². The molecule has 1 saturated heterocycles. The lowest BCUT2D eigenvalue weighted by molar-refractivity contribution is -0.807. The number of hydrogen-bond donors (Lipinski definition) is 0. The number of likely N-dealkylation sites (tertiary alicyclic amines) is 1. The normalized spacial score (nSPS) is 31.4. The van der Waals surface area contributed by atoms with Crippen LogP contribution < -0.4 is 0 Å². The molecule has 0 bridgehead atoms. The molecule has 1 aliphatic heterocycles. The number of rotatable bonds is 8. The molecular formula is C15H29N2S+. The van der Waals surface area contributed by atoms with Gasteiger partial charge in [0.05, 0.1) is 13.1 Å². The Bertz CT molecular complexity index is 274. The Labute approximate surface area is 117 Å². The van der Waals surface area contributed by atoms with E-state index in [9.17, 15) is 0 Å². The molecule has 0 aliphatic carbocycles. The van der Waals surface area contributed by atoms with E-state index in [0.717, 1.165) is 9.81 Å². The van der Waals surface area contributed by atoms with E-state index in [4.69, 9.17) is 5.26 Å². The highest BCUT2D eigenvalue weighted by Crippen LogP contribution is 2.39. The van der Waals surface area contributed by atoms with Crippen molar-refractivity contribution in [2.24, 2.45) is 5.92 Å². The minimum atomic E-state index is 0.644. The lowest BCUT2D eigenvalue weighted by Crippen LogP contribution is -2.45. The molecule has 0 N–H and O–H groups in total. The minimum absolute atomic E-state index is 0.644. The number of quaternary nitrogens is 1. The minimum Gasteiger partial charge on any atom is -0.246 e. The van der Waals surface area contributed by atoms with Crippen LogP contribution in [0.1, 0.15) is 65.7 Å². The van der Waals surface area contributed by atoms with Crippen molar-refractivity contribution in [2.75, 3.05) is 13.1 Å². The first kappa shape index (κ1) is 15.9. The smallest absolute Gasteiger partial charge is 0.196 e. The highest BCUT2D eigenvalue weighted by atomic mass is 32.2. The van der Waals surface area contributed by atoms with Gasteiger partial charge >= 0.3 is 0 Å². The predicted molar refractivity (Wildman–Crippen MR) is 79.8 cm³/mol. The van der Waals surface area contributed by atoms with Crippen LogP contribution in [0, 0.1) is 16.6 Å². The van der Waals surface area contributed by atoms with Crippen LogP contribution in [0.3, 0.4) is 0 Å². The summed E-state index contributed by atoms with van der Waals surface area (Å²) in [5.74, 6) is 0.769. The van der Waals surface area contributed by atoms with Crippen molar-refractivity contribution in [3.8, 4) is 5.40 Å². The summed E-state index contributed by atoms with van der Waals surface area (Å²) in [5.41, 5.74) is 0. The molecule has 1 rings (SSSR count). The molecule has 18 heavy (non-hydrogen) atoms.